The maximum absolute atomic E-state index is 13.2. The highest BCUT2D eigenvalue weighted by Crippen LogP contribution is 2.36. The number of barbiturate groups is 1. The molecule has 1 N–H and O–H groups in total. The molecule has 3 aromatic carbocycles. The average molecular weight is 566 g/mol. The number of nitro groups is 1. The summed E-state index contributed by atoms with van der Waals surface area (Å²) < 4.78 is 11.8. The summed E-state index contributed by atoms with van der Waals surface area (Å²) in [6, 6.07) is 15.1. The molecule has 1 heterocycles. The number of anilines is 1. The molecule has 1 fully saturated rings. The Labute approximate surface area is 219 Å². The Balaban J connectivity index is 1.60. The Morgan fingerprint density at radius 2 is 1.70 bits per heavy atom. The van der Waals surface area contributed by atoms with Crippen molar-refractivity contribution >= 4 is 51.2 Å². The summed E-state index contributed by atoms with van der Waals surface area (Å²) in [6.07, 6.45) is 1.36. The predicted molar refractivity (Wildman–Crippen MR) is 138 cm³/mol. The minimum Gasteiger partial charge on any atom is -0.493 e. The van der Waals surface area contributed by atoms with E-state index in [1.807, 2.05) is 6.92 Å². The number of nitro benzene ring substituents is 1. The van der Waals surface area contributed by atoms with Crippen molar-refractivity contribution in [3.63, 3.8) is 0 Å². The number of carbonyl (C=O) groups excluding carboxylic acids is 3. The van der Waals surface area contributed by atoms with Crippen LogP contribution >= 0.6 is 15.9 Å². The number of amides is 4. The minimum atomic E-state index is -0.831. The van der Waals surface area contributed by atoms with Crippen LogP contribution < -0.4 is 19.7 Å². The molecule has 0 spiro atoms. The third-order valence-corrected chi connectivity index (χ3v) is 6.20. The Morgan fingerprint density at radius 3 is 2.32 bits per heavy atom. The second-order valence-electron chi connectivity index (χ2n) is 8.03. The number of benzene rings is 3. The molecule has 0 saturated carbocycles. The van der Waals surface area contributed by atoms with Gasteiger partial charge in [0.2, 0.25) is 0 Å². The minimum absolute atomic E-state index is 0.0228. The van der Waals surface area contributed by atoms with Crippen LogP contribution in [0.15, 0.2) is 70.7 Å². The first-order valence-electron chi connectivity index (χ1n) is 10.9. The van der Waals surface area contributed by atoms with Crippen LogP contribution in [0.1, 0.15) is 16.7 Å². The van der Waals surface area contributed by atoms with E-state index in [0.29, 0.717) is 32.8 Å². The molecule has 1 aliphatic heterocycles. The molecule has 0 atom stereocenters. The van der Waals surface area contributed by atoms with Gasteiger partial charge in [-0.15, -0.1) is 0 Å². The Morgan fingerprint density at radius 1 is 1.03 bits per heavy atom. The number of carbonyl (C=O) groups is 3. The van der Waals surface area contributed by atoms with E-state index in [4.69, 9.17) is 9.47 Å². The number of methoxy groups -OCH3 is 1. The summed E-state index contributed by atoms with van der Waals surface area (Å²) in [6.45, 7) is 2.00. The molecule has 0 aromatic heterocycles. The van der Waals surface area contributed by atoms with Crippen LogP contribution in [0.3, 0.4) is 0 Å². The molecule has 0 aliphatic carbocycles. The number of hydrogen-bond donors (Lipinski definition) is 1. The number of nitrogens with zero attached hydrogens (tertiary/aromatic N) is 2. The summed E-state index contributed by atoms with van der Waals surface area (Å²) in [5, 5.41) is 13.0. The van der Waals surface area contributed by atoms with Crippen molar-refractivity contribution in [3.8, 4) is 11.5 Å². The van der Waals surface area contributed by atoms with Gasteiger partial charge in [-0.05, 0) is 60.5 Å². The lowest BCUT2D eigenvalue weighted by Gasteiger charge is -2.26. The number of ether oxygens (including phenoxy) is 2. The topological polar surface area (TPSA) is 128 Å². The van der Waals surface area contributed by atoms with Crippen LogP contribution in [-0.2, 0) is 16.2 Å². The van der Waals surface area contributed by atoms with Crippen molar-refractivity contribution in [1.82, 2.24) is 5.32 Å². The summed E-state index contributed by atoms with van der Waals surface area (Å²) >= 11 is 3.43. The maximum Gasteiger partial charge on any atom is 0.335 e. The second-order valence-corrected chi connectivity index (χ2v) is 8.88. The number of aryl methyl sites for hydroxylation is 1. The van der Waals surface area contributed by atoms with E-state index in [2.05, 4.69) is 21.2 Å². The molecule has 4 rings (SSSR count). The largest absolute Gasteiger partial charge is 0.493 e. The normalized spacial score (nSPS) is 14.5. The smallest absolute Gasteiger partial charge is 0.335 e. The molecular formula is C26H20BrN3O7. The molecule has 11 heteroatoms. The van der Waals surface area contributed by atoms with Gasteiger partial charge in [0.25, 0.3) is 17.5 Å². The van der Waals surface area contributed by atoms with E-state index in [-0.39, 0.29) is 17.9 Å². The summed E-state index contributed by atoms with van der Waals surface area (Å²) in [7, 11) is 1.44. The third kappa shape index (κ3) is 5.51. The molecule has 37 heavy (non-hydrogen) atoms. The fourth-order valence-electron chi connectivity index (χ4n) is 3.55. The molecular weight excluding hydrogens is 546 g/mol. The van der Waals surface area contributed by atoms with Crippen molar-refractivity contribution in [2.75, 3.05) is 12.0 Å². The zero-order chi connectivity index (χ0) is 26.7. The van der Waals surface area contributed by atoms with Gasteiger partial charge >= 0.3 is 6.03 Å². The van der Waals surface area contributed by atoms with Crippen molar-refractivity contribution in [2.45, 2.75) is 13.5 Å². The van der Waals surface area contributed by atoms with Gasteiger partial charge in [0, 0.05) is 16.6 Å². The number of hydrogen-bond acceptors (Lipinski definition) is 7. The number of non-ortho nitro benzene ring substituents is 1. The summed E-state index contributed by atoms with van der Waals surface area (Å²) in [4.78, 5) is 49.4. The van der Waals surface area contributed by atoms with Gasteiger partial charge in [-0.1, -0.05) is 33.6 Å². The molecule has 0 bridgehead atoms. The van der Waals surface area contributed by atoms with Gasteiger partial charge in [-0.2, -0.15) is 0 Å². The van der Waals surface area contributed by atoms with Crippen molar-refractivity contribution in [3.05, 3.63) is 97.5 Å². The zero-order valence-corrected chi connectivity index (χ0v) is 21.3. The van der Waals surface area contributed by atoms with Crippen LogP contribution in [-0.4, -0.2) is 29.9 Å². The zero-order valence-electron chi connectivity index (χ0n) is 19.7. The van der Waals surface area contributed by atoms with Gasteiger partial charge in [0.05, 0.1) is 17.7 Å². The van der Waals surface area contributed by atoms with E-state index >= 15 is 0 Å². The highest BCUT2D eigenvalue weighted by atomic mass is 79.9. The quantitative estimate of drug-likeness (QED) is 0.186. The highest BCUT2D eigenvalue weighted by Gasteiger charge is 2.37. The lowest BCUT2D eigenvalue weighted by atomic mass is 10.1. The van der Waals surface area contributed by atoms with E-state index in [9.17, 15) is 24.5 Å². The lowest BCUT2D eigenvalue weighted by molar-refractivity contribution is -0.384. The first-order chi connectivity index (χ1) is 17.7. The van der Waals surface area contributed by atoms with Gasteiger partial charge < -0.3 is 9.47 Å². The van der Waals surface area contributed by atoms with Crippen LogP contribution in [0.5, 0.6) is 11.5 Å². The first-order valence-corrected chi connectivity index (χ1v) is 11.7. The van der Waals surface area contributed by atoms with E-state index in [1.54, 1.807) is 48.5 Å². The number of halogens is 1. The Hall–Kier alpha value is -4.51. The fraction of sp³-hybridized carbons (Fsp3) is 0.115. The lowest BCUT2D eigenvalue weighted by Crippen LogP contribution is -2.54. The summed E-state index contributed by atoms with van der Waals surface area (Å²) in [5.74, 6) is -0.887. The predicted octanol–water partition coefficient (Wildman–Crippen LogP) is 4.92. The monoisotopic (exact) mass is 565 g/mol. The van der Waals surface area contributed by atoms with Gasteiger partial charge in [-0.3, -0.25) is 25.0 Å². The van der Waals surface area contributed by atoms with Crippen molar-refractivity contribution < 1.29 is 28.8 Å². The average Bonchev–Trinajstić information content (AvgIpc) is 2.87. The molecule has 1 saturated heterocycles. The molecule has 0 radical (unpaired) electrons. The van der Waals surface area contributed by atoms with E-state index in [0.717, 1.165) is 10.5 Å². The van der Waals surface area contributed by atoms with Crippen molar-refractivity contribution in [2.24, 2.45) is 0 Å². The molecule has 4 amide bonds. The fourth-order valence-corrected chi connectivity index (χ4v) is 3.99. The Bertz CT molecular complexity index is 1430. The molecule has 3 aromatic rings. The molecule has 10 nitrogen and oxygen atoms in total. The van der Waals surface area contributed by atoms with Crippen LogP contribution in [0.25, 0.3) is 6.08 Å². The number of rotatable bonds is 7. The van der Waals surface area contributed by atoms with Crippen LogP contribution in [0.4, 0.5) is 16.2 Å². The van der Waals surface area contributed by atoms with Crippen molar-refractivity contribution in [1.29, 1.82) is 0 Å². The maximum atomic E-state index is 13.2. The molecule has 188 valence electrons. The number of nitrogens with one attached hydrogen (secondary N) is 1. The standard InChI is InChI=1S/C26H20BrN3O7/c1-15-3-7-18(8-4-15)29-25(32)20(24(31)28-26(29)33)11-17-12-22(36-2)23(13-21(17)27)37-14-16-5-9-19(10-6-16)30(34)35/h3-13H,14H2,1-2H3,(H,28,31,33)/b20-11+. The molecule has 1 aliphatic rings. The van der Waals surface area contributed by atoms with Gasteiger partial charge in [-0.25, -0.2) is 9.69 Å². The number of urea groups is 1. The van der Waals surface area contributed by atoms with E-state index < -0.39 is 22.8 Å². The molecule has 0 unspecified atom stereocenters. The van der Waals surface area contributed by atoms with Crippen LogP contribution in [0, 0.1) is 17.0 Å². The summed E-state index contributed by atoms with van der Waals surface area (Å²) in [5.41, 5.74) is 2.18. The third-order valence-electron chi connectivity index (χ3n) is 5.52. The SMILES string of the molecule is COc1cc(/C=C2\C(=O)NC(=O)N(c3ccc(C)cc3)C2=O)c(Br)cc1OCc1ccc([N+](=O)[O-])cc1. The number of imide groups is 2. The van der Waals surface area contributed by atoms with Gasteiger partial charge in [0.1, 0.15) is 12.2 Å². The van der Waals surface area contributed by atoms with Gasteiger partial charge in [0.15, 0.2) is 11.5 Å². The second kappa shape index (κ2) is 10.6. The Kier molecular flexibility index (Phi) is 7.35. The van der Waals surface area contributed by atoms with Crippen LogP contribution in [0.2, 0.25) is 0 Å². The van der Waals surface area contributed by atoms with E-state index in [1.165, 1.54) is 25.3 Å². The first kappa shape index (κ1) is 25.6. The highest BCUT2D eigenvalue weighted by molar-refractivity contribution is 9.10.